The third-order valence-corrected chi connectivity index (χ3v) is 2.46. The van der Waals surface area contributed by atoms with E-state index in [4.69, 9.17) is 9.84 Å². The van der Waals surface area contributed by atoms with Crippen molar-refractivity contribution < 1.29 is 9.84 Å². The molecule has 2 rings (SSSR count). The van der Waals surface area contributed by atoms with Crippen molar-refractivity contribution in [2.75, 3.05) is 31.7 Å². The first kappa shape index (κ1) is 12.7. The number of para-hydroxylation sites is 2. The van der Waals surface area contributed by atoms with Crippen molar-refractivity contribution in [3.8, 4) is 0 Å². The standard InChI is InChI=1S/C13H17N3O2/c17-7-9-18-8-3-6-14-13-10-15-11-4-1-2-5-12(11)16-13/h1-2,4-5,10,17H,3,6-9H2,(H,14,16). The average Bonchev–Trinajstić information content (AvgIpc) is 2.42. The molecule has 18 heavy (non-hydrogen) atoms. The second kappa shape index (κ2) is 6.88. The summed E-state index contributed by atoms with van der Waals surface area (Å²) >= 11 is 0. The molecule has 1 aromatic carbocycles. The van der Waals surface area contributed by atoms with E-state index < -0.39 is 0 Å². The Balaban J connectivity index is 1.81. The molecule has 0 spiro atoms. The molecule has 1 heterocycles. The van der Waals surface area contributed by atoms with Crippen LogP contribution in [0.5, 0.6) is 0 Å². The average molecular weight is 247 g/mol. The molecule has 2 N–H and O–H groups in total. The summed E-state index contributed by atoms with van der Waals surface area (Å²) in [5.74, 6) is 0.774. The van der Waals surface area contributed by atoms with Gasteiger partial charge in [0.25, 0.3) is 0 Å². The second-order valence-electron chi connectivity index (χ2n) is 3.86. The van der Waals surface area contributed by atoms with Crippen LogP contribution in [0.2, 0.25) is 0 Å². The molecule has 0 saturated heterocycles. The fourth-order valence-corrected chi connectivity index (χ4v) is 1.60. The highest BCUT2D eigenvalue weighted by Gasteiger charge is 1.98. The maximum absolute atomic E-state index is 8.54. The van der Waals surface area contributed by atoms with Crippen molar-refractivity contribution >= 4 is 16.9 Å². The quantitative estimate of drug-likeness (QED) is 0.725. The highest BCUT2D eigenvalue weighted by atomic mass is 16.5. The SMILES string of the molecule is OCCOCCCNc1cnc2ccccc2n1. The van der Waals surface area contributed by atoms with Crippen LogP contribution in [0, 0.1) is 0 Å². The Morgan fingerprint density at radius 2 is 2.00 bits per heavy atom. The van der Waals surface area contributed by atoms with Crippen molar-refractivity contribution in [3.63, 3.8) is 0 Å². The van der Waals surface area contributed by atoms with E-state index in [1.165, 1.54) is 0 Å². The van der Waals surface area contributed by atoms with Crippen molar-refractivity contribution in [2.24, 2.45) is 0 Å². The molecule has 5 nitrogen and oxygen atoms in total. The van der Waals surface area contributed by atoms with E-state index in [1.54, 1.807) is 6.20 Å². The fourth-order valence-electron chi connectivity index (χ4n) is 1.60. The van der Waals surface area contributed by atoms with E-state index in [1.807, 2.05) is 24.3 Å². The van der Waals surface area contributed by atoms with Crippen LogP contribution in [-0.2, 0) is 4.74 Å². The predicted molar refractivity (Wildman–Crippen MR) is 70.5 cm³/mol. The van der Waals surface area contributed by atoms with Gasteiger partial charge in [-0.3, -0.25) is 4.98 Å². The first-order chi connectivity index (χ1) is 8.90. The van der Waals surface area contributed by atoms with Gasteiger partial charge in [-0.1, -0.05) is 12.1 Å². The molecule has 0 amide bonds. The van der Waals surface area contributed by atoms with Gasteiger partial charge >= 0.3 is 0 Å². The number of anilines is 1. The molecule has 0 atom stereocenters. The zero-order chi connectivity index (χ0) is 12.6. The minimum atomic E-state index is 0.0730. The van der Waals surface area contributed by atoms with Gasteiger partial charge in [0.05, 0.1) is 30.4 Å². The molecular formula is C13H17N3O2. The minimum Gasteiger partial charge on any atom is -0.394 e. The van der Waals surface area contributed by atoms with Gasteiger partial charge in [0.15, 0.2) is 0 Å². The van der Waals surface area contributed by atoms with Crippen molar-refractivity contribution in [3.05, 3.63) is 30.5 Å². The largest absolute Gasteiger partial charge is 0.394 e. The third kappa shape index (κ3) is 3.65. The number of ether oxygens (including phenoxy) is 1. The normalized spacial score (nSPS) is 10.7. The number of aromatic nitrogens is 2. The zero-order valence-electron chi connectivity index (χ0n) is 10.2. The lowest BCUT2D eigenvalue weighted by Gasteiger charge is -2.06. The van der Waals surface area contributed by atoms with Crippen LogP contribution >= 0.6 is 0 Å². The lowest BCUT2D eigenvalue weighted by atomic mass is 10.3. The summed E-state index contributed by atoms with van der Waals surface area (Å²) in [5, 5.41) is 11.7. The molecule has 0 aliphatic rings. The van der Waals surface area contributed by atoms with Gasteiger partial charge < -0.3 is 15.2 Å². The van der Waals surface area contributed by atoms with Gasteiger partial charge in [0, 0.05) is 13.2 Å². The molecule has 0 radical (unpaired) electrons. The number of nitrogens with one attached hydrogen (secondary N) is 1. The van der Waals surface area contributed by atoms with Gasteiger partial charge in [0.1, 0.15) is 5.82 Å². The Morgan fingerprint density at radius 3 is 2.83 bits per heavy atom. The summed E-state index contributed by atoms with van der Waals surface area (Å²) in [4.78, 5) is 8.77. The molecule has 0 fully saturated rings. The number of hydrogen-bond acceptors (Lipinski definition) is 5. The summed E-state index contributed by atoms with van der Waals surface area (Å²) in [6.45, 7) is 1.88. The number of aliphatic hydroxyl groups excluding tert-OH is 1. The monoisotopic (exact) mass is 247 g/mol. The highest BCUT2D eigenvalue weighted by molar-refractivity contribution is 5.75. The summed E-state index contributed by atoms with van der Waals surface area (Å²) in [6, 6.07) is 7.78. The Hall–Kier alpha value is -1.72. The maximum atomic E-state index is 8.54. The third-order valence-electron chi connectivity index (χ3n) is 2.46. The minimum absolute atomic E-state index is 0.0730. The second-order valence-corrected chi connectivity index (χ2v) is 3.86. The molecule has 1 aromatic heterocycles. The molecule has 5 heteroatoms. The van der Waals surface area contributed by atoms with E-state index in [0.717, 1.165) is 29.8 Å². The molecule has 0 saturated carbocycles. The highest BCUT2D eigenvalue weighted by Crippen LogP contribution is 2.10. The smallest absolute Gasteiger partial charge is 0.145 e. The maximum Gasteiger partial charge on any atom is 0.145 e. The number of hydrogen-bond donors (Lipinski definition) is 2. The van der Waals surface area contributed by atoms with Crippen LogP contribution in [0.3, 0.4) is 0 Å². The number of benzene rings is 1. The number of rotatable bonds is 7. The van der Waals surface area contributed by atoms with Gasteiger partial charge in [-0.05, 0) is 18.6 Å². The Kier molecular flexibility index (Phi) is 4.87. The van der Waals surface area contributed by atoms with E-state index in [9.17, 15) is 0 Å². The van der Waals surface area contributed by atoms with Crippen LogP contribution in [0.25, 0.3) is 11.0 Å². The lowest BCUT2D eigenvalue weighted by Crippen LogP contribution is -2.08. The summed E-state index contributed by atoms with van der Waals surface area (Å²) in [7, 11) is 0. The van der Waals surface area contributed by atoms with Crippen LogP contribution in [-0.4, -0.2) is 41.4 Å². The van der Waals surface area contributed by atoms with Crippen LogP contribution in [0.15, 0.2) is 30.5 Å². The molecule has 0 bridgehead atoms. The first-order valence-corrected chi connectivity index (χ1v) is 6.04. The molecule has 0 aliphatic carbocycles. The Bertz CT molecular complexity index is 490. The van der Waals surface area contributed by atoms with Crippen LogP contribution in [0.1, 0.15) is 6.42 Å². The van der Waals surface area contributed by atoms with Gasteiger partial charge in [-0.2, -0.15) is 0 Å². The van der Waals surface area contributed by atoms with Gasteiger partial charge in [-0.15, -0.1) is 0 Å². The van der Waals surface area contributed by atoms with E-state index in [0.29, 0.717) is 13.2 Å². The van der Waals surface area contributed by atoms with Crippen LogP contribution in [0.4, 0.5) is 5.82 Å². The first-order valence-electron chi connectivity index (χ1n) is 6.04. The van der Waals surface area contributed by atoms with Crippen LogP contribution < -0.4 is 5.32 Å². The van der Waals surface area contributed by atoms with E-state index in [-0.39, 0.29) is 6.61 Å². The van der Waals surface area contributed by atoms with Crippen molar-refractivity contribution in [1.29, 1.82) is 0 Å². The molecule has 0 aliphatic heterocycles. The summed E-state index contributed by atoms with van der Waals surface area (Å²) < 4.78 is 5.16. The number of fused-ring (bicyclic) bond motifs is 1. The van der Waals surface area contributed by atoms with Crippen molar-refractivity contribution in [2.45, 2.75) is 6.42 Å². The number of nitrogens with zero attached hydrogens (tertiary/aromatic N) is 2. The molecule has 96 valence electrons. The zero-order valence-corrected chi connectivity index (χ0v) is 10.2. The number of aliphatic hydroxyl groups is 1. The summed E-state index contributed by atoms with van der Waals surface area (Å²) in [6.07, 6.45) is 2.60. The Labute approximate surface area is 106 Å². The summed E-state index contributed by atoms with van der Waals surface area (Å²) in [5.41, 5.74) is 1.79. The fraction of sp³-hybridized carbons (Fsp3) is 0.385. The molecular weight excluding hydrogens is 230 g/mol. The van der Waals surface area contributed by atoms with Gasteiger partial charge in [-0.25, -0.2) is 4.98 Å². The Morgan fingerprint density at radius 1 is 1.17 bits per heavy atom. The predicted octanol–water partition coefficient (Wildman–Crippen LogP) is 1.44. The lowest BCUT2D eigenvalue weighted by molar-refractivity contribution is 0.0922. The molecule has 2 aromatic rings. The van der Waals surface area contributed by atoms with Crippen molar-refractivity contribution in [1.82, 2.24) is 9.97 Å². The topological polar surface area (TPSA) is 67.3 Å². The van der Waals surface area contributed by atoms with Gasteiger partial charge in [0.2, 0.25) is 0 Å². The van der Waals surface area contributed by atoms with E-state index in [2.05, 4.69) is 15.3 Å². The molecule has 0 unspecified atom stereocenters. The van der Waals surface area contributed by atoms with E-state index >= 15 is 0 Å².